The number of hydrogen-bond acceptors (Lipinski definition) is 4. The SMILES string of the molecule is C=C(C)N(O)C(=O)C[C@@H](CC(C)C)C(=O)N[C@H](C(=O)NC)C(CC)(CC)CC. The number of allylic oxidation sites excluding steroid dienone is 1. The Morgan fingerprint density at radius 1 is 1.07 bits per heavy atom. The molecule has 0 saturated heterocycles. The molecule has 2 atom stereocenters. The molecule has 3 N–H and O–H groups in total. The molecule has 162 valence electrons. The summed E-state index contributed by atoms with van der Waals surface area (Å²) in [5, 5.41) is 15.8. The van der Waals surface area contributed by atoms with E-state index in [4.69, 9.17) is 0 Å². The number of hydrogen-bond donors (Lipinski definition) is 3. The van der Waals surface area contributed by atoms with Crippen LogP contribution in [0.25, 0.3) is 0 Å². The van der Waals surface area contributed by atoms with Crippen LogP contribution in [-0.4, -0.2) is 41.1 Å². The highest BCUT2D eigenvalue weighted by Gasteiger charge is 2.41. The summed E-state index contributed by atoms with van der Waals surface area (Å²) in [5.74, 6) is -1.63. The zero-order valence-electron chi connectivity index (χ0n) is 18.6. The second kappa shape index (κ2) is 11.8. The van der Waals surface area contributed by atoms with Crippen molar-refractivity contribution in [2.45, 2.75) is 79.7 Å². The number of amides is 3. The minimum atomic E-state index is -0.680. The van der Waals surface area contributed by atoms with Crippen LogP contribution in [0.3, 0.4) is 0 Å². The molecule has 0 spiro atoms. The number of likely N-dealkylation sites (N-methyl/N-ethyl adjacent to an activating group) is 1. The normalized spacial score (nSPS) is 13.6. The summed E-state index contributed by atoms with van der Waals surface area (Å²) in [4.78, 5) is 37.9. The monoisotopic (exact) mass is 397 g/mol. The van der Waals surface area contributed by atoms with Crippen LogP contribution in [0.15, 0.2) is 12.3 Å². The minimum Gasteiger partial charge on any atom is -0.357 e. The molecule has 0 aromatic heterocycles. The van der Waals surface area contributed by atoms with Crippen LogP contribution in [0.4, 0.5) is 0 Å². The molecule has 3 amide bonds. The molecule has 0 saturated carbocycles. The maximum Gasteiger partial charge on any atom is 0.251 e. The Morgan fingerprint density at radius 3 is 1.93 bits per heavy atom. The standard InChI is InChI=1S/C21H39N3O4/c1-9-21(10-2,11-3)18(20(27)22-8)23-19(26)16(12-14(4)5)13-17(25)24(28)15(6)7/h14,16,18,28H,6,9-13H2,1-5,7-8H3,(H,22,27)(H,23,26)/t16-,18-/m1/s1. The van der Waals surface area contributed by atoms with Crippen LogP contribution in [0.2, 0.25) is 0 Å². The van der Waals surface area contributed by atoms with Gasteiger partial charge in [0.25, 0.3) is 5.91 Å². The Kier molecular flexibility index (Phi) is 11.0. The molecule has 0 heterocycles. The molecule has 0 aromatic carbocycles. The number of rotatable bonds is 12. The molecule has 0 rings (SSSR count). The Bertz CT molecular complexity index is 548. The highest BCUT2D eigenvalue weighted by Crippen LogP contribution is 2.35. The molecular weight excluding hydrogens is 358 g/mol. The quantitative estimate of drug-likeness (QED) is 0.348. The van der Waals surface area contributed by atoms with Crippen molar-refractivity contribution in [1.29, 1.82) is 0 Å². The summed E-state index contributed by atoms with van der Waals surface area (Å²) in [6.45, 7) is 15.0. The van der Waals surface area contributed by atoms with Gasteiger partial charge < -0.3 is 10.6 Å². The van der Waals surface area contributed by atoms with E-state index in [9.17, 15) is 19.6 Å². The average molecular weight is 398 g/mol. The van der Waals surface area contributed by atoms with Crippen molar-refractivity contribution in [3.05, 3.63) is 12.3 Å². The maximum atomic E-state index is 13.1. The summed E-state index contributed by atoms with van der Waals surface area (Å²) in [7, 11) is 1.55. The third-order valence-electron chi connectivity index (χ3n) is 5.67. The van der Waals surface area contributed by atoms with E-state index in [-0.39, 0.29) is 35.3 Å². The van der Waals surface area contributed by atoms with Gasteiger partial charge in [0.15, 0.2) is 0 Å². The third-order valence-corrected chi connectivity index (χ3v) is 5.67. The molecule has 0 aromatic rings. The molecular formula is C21H39N3O4. The molecule has 7 nitrogen and oxygen atoms in total. The highest BCUT2D eigenvalue weighted by molar-refractivity contribution is 5.91. The molecule has 0 radical (unpaired) electrons. The first kappa shape index (κ1) is 26.1. The molecule has 0 bridgehead atoms. The van der Waals surface area contributed by atoms with Crippen molar-refractivity contribution in [2.24, 2.45) is 17.3 Å². The van der Waals surface area contributed by atoms with Gasteiger partial charge >= 0.3 is 0 Å². The van der Waals surface area contributed by atoms with E-state index in [1.807, 2.05) is 34.6 Å². The number of nitrogens with zero attached hydrogens (tertiary/aromatic N) is 1. The van der Waals surface area contributed by atoms with Gasteiger partial charge in [0.05, 0.1) is 0 Å². The van der Waals surface area contributed by atoms with Crippen molar-refractivity contribution in [3.8, 4) is 0 Å². The lowest BCUT2D eigenvalue weighted by Gasteiger charge is -2.39. The molecule has 0 aliphatic carbocycles. The zero-order chi connectivity index (χ0) is 22.1. The zero-order valence-corrected chi connectivity index (χ0v) is 18.6. The maximum absolute atomic E-state index is 13.1. The smallest absolute Gasteiger partial charge is 0.251 e. The highest BCUT2D eigenvalue weighted by atomic mass is 16.5. The average Bonchev–Trinajstić information content (AvgIpc) is 2.66. The second-order valence-corrected chi connectivity index (χ2v) is 7.95. The van der Waals surface area contributed by atoms with E-state index < -0.39 is 17.9 Å². The number of hydroxylamine groups is 2. The van der Waals surface area contributed by atoms with Crippen LogP contribution in [-0.2, 0) is 14.4 Å². The summed E-state index contributed by atoms with van der Waals surface area (Å²) >= 11 is 0. The lowest BCUT2D eigenvalue weighted by Crippen LogP contribution is -2.56. The van der Waals surface area contributed by atoms with Gasteiger partial charge in [0, 0.05) is 25.1 Å². The Balaban J connectivity index is 5.67. The minimum absolute atomic E-state index is 0.148. The van der Waals surface area contributed by atoms with Gasteiger partial charge in [-0.25, -0.2) is 0 Å². The van der Waals surface area contributed by atoms with Crippen LogP contribution in [0.5, 0.6) is 0 Å². The van der Waals surface area contributed by atoms with E-state index in [0.717, 1.165) is 19.3 Å². The molecule has 7 heteroatoms. The first-order valence-electron chi connectivity index (χ1n) is 10.2. The fraction of sp³-hybridized carbons (Fsp3) is 0.762. The van der Waals surface area contributed by atoms with Gasteiger partial charge in [-0.1, -0.05) is 41.2 Å². The Morgan fingerprint density at radius 2 is 1.57 bits per heavy atom. The van der Waals surface area contributed by atoms with Gasteiger partial charge in [0.2, 0.25) is 11.8 Å². The lowest BCUT2D eigenvalue weighted by molar-refractivity contribution is -0.159. The lowest BCUT2D eigenvalue weighted by atomic mass is 9.72. The van der Waals surface area contributed by atoms with E-state index in [2.05, 4.69) is 17.2 Å². The summed E-state index contributed by atoms with van der Waals surface area (Å²) in [6, 6.07) is -0.680. The fourth-order valence-corrected chi connectivity index (χ4v) is 3.63. The largest absolute Gasteiger partial charge is 0.357 e. The Hall–Kier alpha value is -1.89. The topological polar surface area (TPSA) is 98.7 Å². The van der Waals surface area contributed by atoms with Gasteiger partial charge in [-0.05, 0) is 43.9 Å². The first-order valence-corrected chi connectivity index (χ1v) is 10.2. The summed E-state index contributed by atoms with van der Waals surface area (Å²) < 4.78 is 0. The van der Waals surface area contributed by atoms with Gasteiger partial charge in [0.1, 0.15) is 6.04 Å². The molecule has 28 heavy (non-hydrogen) atoms. The molecule has 0 fully saturated rings. The van der Waals surface area contributed by atoms with E-state index in [0.29, 0.717) is 11.5 Å². The van der Waals surface area contributed by atoms with Crippen LogP contribution in [0, 0.1) is 17.3 Å². The number of nitrogens with one attached hydrogen (secondary N) is 2. The van der Waals surface area contributed by atoms with Crippen molar-refractivity contribution in [2.75, 3.05) is 7.05 Å². The molecule has 0 aliphatic heterocycles. The first-order chi connectivity index (χ1) is 13.0. The second-order valence-electron chi connectivity index (χ2n) is 7.95. The fourth-order valence-electron chi connectivity index (χ4n) is 3.63. The predicted molar refractivity (Wildman–Crippen MR) is 110 cm³/mol. The predicted octanol–water partition coefficient (Wildman–Crippen LogP) is 3.24. The van der Waals surface area contributed by atoms with Crippen molar-refractivity contribution in [1.82, 2.24) is 15.7 Å². The summed E-state index contributed by atoms with van der Waals surface area (Å²) in [6.07, 6.45) is 2.55. The van der Waals surface area contributed by atoms with Crippen molar-refractivity contribution < 1.29 is 19.6 Å². The molecule has 0 aliphatic rings. The van der Waals surface area contributed by atoms with Crippen molar-refractivity contribution in [3.63, 3.8) is 0 Å². The number of carbonyl (C=O) groups is 3. The number of carbonyl (C=O) groups excluding carboxylic acids is 3. The van der Waals surface area contributed by atoms with E-state index in [1.165, 1.54) is 6.92 Å². The molecule has 0 unspecified atom stereocenters. The van der Waals surface area contributed by atoms with Crippen LogP contribution in [0.1, 0.15) is 73.6 Å². The Labute approximate surface area is 169 Å². The van der Waals surface area contributed by atoms with Gasteiger partial charge in [-0.3, -0.25) is 19.6 Å². The van der Waals surface area contributed by atoms with Gasteiger partial charge in [-0.15, -0.1) is 0 Å². The van der Waals surface area contributed by atoms with E-state index in [1.54, 1.807) is 7.05 Å². The van der Waals surface area contributed by atoms with Crippen LogP contribution >= 0.6 is 0 Å². The third kappa shape index (κ3) is 6.93. The van der Waals surface area contributed by atoms with Crippen molar-refractivity contribution >= 4 is 17.7 Å². The van der Waals surface area contributed by atoms with Gasteiger partial charge in [-0.2, -0.15) is 5.06 Å². The van der Waals surface area contributed by atoms with E-state index >= 15 is 0 Å². The van der Waals surface area contributed by atoms with Crippen LogP contribution < -0.4 is 10.6 Å². The summed E-state index contributed by atoms with van der Waals surface area (Å²) in [5.41, 5.74) is -0.165.